The molecule has 0 rings (SSSR count). The minimum atomic E-state index is -2.21. The summed E-state index contributed by atoms with van der Waals surface area (Å²) in [5.41, 5.74) is 1.69. The van der Waals surface area contributed by atoms with E-state index in [9.17, 15) is 8.92 Å². The minimum absolute atomic E-state index is 0. The van der Waals surface area contributed by atoms with Crippen molar-refractivity contribution < 1.29 is 30.7 Å². The van der Waals surface area contributed by atoms with E-state index in [2.05, 4.69) is 70.7 Å². The molecule has 0 saturated carbocycles. The summed E-state index contributed by atoms with van der Waals surface area (Å²) in [7, 11) is -7.83. The highest BCUT2D eigenvalue weighted by molar-refractivity contribution is 7.96. The first-order chi connectivity index (χ1) is 17.4. The van der Waals surface area contributed by atoms with Crippen LogP contribution >= 0.6 is 7.36 Å². The van der Waals surface area contributed by atoms with Crippen LogP contribution in [0.25, 0.3) is 0 Å². The smallest absolute Gasteiger partial charge is 0.314 e. The maximum absolute atomic E-state index is 11.8. The highest BCUT2D eigenvalue weighted by Crippen LogP contribution is 2.23. The van der Waals surface area contributed by atoms with Gasteiger partial charge in [-0.25, -0.2) is 0 Å². The molecule has 16 heteroatoms. The zero-order chi connectivity index (χ0) is 30.4. The lowest BCUT2D eigenvalue weighted by molar-refractivity contribution is 0.0704. The van der Waals surface area contributed by atoms with Crippen LogP contribution in [0.15, 0.2) is 0 Å². The average Bonchev–Trinajstić information content (AvgIpc) is 2.74. The summed E-state index contributed by atoms with van der Waals surface area (Å²) in [5.74, 6) is 0. The van der Waals surface area contributed by atoms with Gasteiger partial charge < -0.3 is 30.7 Å². The second kappa shape index (κ2) is 38.9. The fraction of sp³-hybridized carbons (Fsp3) is 1.00. The second-order valence-electron chi connectivity index (χ2n) is 11.4. The molecule has 0 bridgehead atoms. The van der Waals surface area contributed by atoms with E-state index in [1.165, 1.54) is 0 Å². The van der Waals surface area contributed by atoms with Crippen molar-refractivity contribution in [2.24, 2.45) is 0 Å². The third kappa shape index (κ3) is 52.9. The Bertz CT molecular complexity index is 644. The second-order valence-corrected chi connectivity index (χ2v) is 36.9. The summed E-state index contributed by atoms with van der Waals surface area (Å²) in [6.45, 7) is 27.6. The average molecular weight is 792 g/mol. The van der Waals surface area contributed by atoms with Gasteiger partial charge in [0, 0.05) is 25.1 Å². The topological polar surface area (TPSA) is 80.3 Å². The summed E-state index contributed by atoms with van der Waals surface area (Å²) < 4.78 is 52.5. The van der Waals surface area contributed by atoms with Gasteiger partial charge in [-0.2, -0.15) is 0 Å². The van der Waals surface area contributed by atoms with Crippen LogP contribution in [0.1, 0.15) is 64.8 Å². The van der Waals surface area contributed by atoms with E-state index in [4.69, 9.17) is 21.8 Å². The molecular formula is C28H83O7PSSi7. The van der Waals surface area contributed by atoms with E-state index >= 15 is 0 Å². The number of methoxy groups -OCH3 is 1. The molecule has 0 amide bonds. The number of hydrogen-bond donors (Lipinski definition) is 0. The molecule has 0 heterocycles. The van der Waals surface area contributed by atoms with E-state index in [1.54, 1.807) is 7.11 Å². The summed E-state index contributed by atoms with van der Waals surface area (Å²) in [5, 5.41) is 0. The van der Waals surface area contributed by atoms with Crippen LogP contribution in [0.4, 0.5) is 0 Å². The molecule has 3 atom stereocenters. The van der Waals surface area contributed by atoms with E-state index in [1.807, 2.05) is 20.5 Å². The van der Waals surface area contributed by atoms with Crippen LogP contribution in [-0.2, 0) is 42.5 Å². The molecule has 44 heavy (non-hydrogen) atoms. The van der Waals surface area contributed by atoms with Crippen LogP contribution in [0.2, 0.25) is 88.4 Å². The third-order valence-corrected chi connectivity index (χ3v) is 28.0. The molecule has 0 spiro atoms. The van der Waals surface area contributed by atoms with Crippen LogP contribution in [-0.4, -0.2) is 94.2 Å². The molecule has 276 valence electrons. The maximum atomic E-state index is 11.8. The highest BCUT2D eigenvalue weighted by atomic mass is 32.4. The van der Waals surface area contributed by atoms with Gasteiger partial charge in [-0.3, -0.25) is 0 Å². The predicted molar refractivity (Wildman–Crippen MR) is 224 cm³/mol. The summed E-state index contributed by atoms with van der Waals surface area (Å²) in [4.78, 5) is 0. The van der Waals surface area contributed by atoms with Crippen molar-refractivity contribution in [2.75, 3.05) is 33.6 Å². The molecule has 0 fully saturated rings. The van der Waals surface area contributed by atoms with Crippen LogP contribution < -0.4 is 0 Å². The Labute approximate surface area is 295 Å². The lowest BCUT2D eigenvalue weighted by Crippen LogP contribution is -2.50. The minimum Gasteiger partial charge on any atom is -0.458 e. The van der Waals surface area contributed by atoms with E-state index in [0.717, 1.165) is 43.2 Å². The molecule has 0 aliphatic rings. The van der Waals surface area contributed by atoms with Gasteiger partial charge in [0.05, 0.1) is 13.2 Å². The van der Waals surface area contributed by atoms with Crippen molar-refractivity contribution in [3.8, 4) is 0 Å². The van der Waals surface area contributed by atoms with Crippen molar-refractivity contribution in [3.05, 3.63) is 0 Å². The Kier molecular flexibility index (Phi) is 59.7. The van der Waals surface area contributed by atoms with Gasteiger partial charge in [0.15, 0.2) is 34.7 Å². The maximum Gasteiger partial charge on any atom is 0.314 e. The van der Waals surface area contributed by atoms with Gasteiger partial charge in [-0.05, 0) is 97.5 Å². The van der Waals surface area contributed by atoms with Crippen LogP contribution in [0, 0.1) is 0 Å². The van der Waals surface area contributed by atoms with E-state index in [0.29, 0.717) is 19.8 Å². The monoisotopic (exact) mass is 790 g/mol. The fourth-order valence-electron chi connectivity index (χ4n) is 3.56. The lowest BCUT2D eigenvalue weighted by Gasteiger charge is -2.36. The largest absolute Gasteiger partial charge is 0.458 e. The summed E-state index contributed by atoms with van der Waals surface area (Å²) >= 11 is 4.37. The molecule has 0 radical (unpaired) electrons. The molecule has 0 aromatic heterocycles. The van der Waals surface area contributed by atoms with Crippen molar-refractivity contribution in [3.63, 3.8) is 0 Å². The summed E-state index contributed by atoms with van der Waals surface area (Å²) in [6.07, 6.45) is 0.945. The molecule has 0 N–H and O–H groups in total. The van der Waals surface area contributed by atoms with Crippen molar-refractivity contribution >= 4 is 79.8 Å². The van der Waals surface area contributed by atoms with E-state index < -0.39 is 60.6 Å². The van der Waals surface area contributed by atoms with Gasteiger partial charge in [-0.15, -0.1) is 0 Å². The zero-order valence-corrected chi connectivity index (χ0v) is 35.8. The highest BCUT2D eigenvalue weighted by Gasteiger charge is 2.37. The van der Waals surface area contributed by atoms with E-state index in [-0.39, 0.29) is 44.6 Å². The Morgan fingerprint density at radius 2 is 1.09 bits per heavy atom. The Hall–Kier alpha value is 1.44. The van der Waals surface area contributed by atoms with Crippen LogP contribution in [0.3, 0.4) is 0 Å². The standard InChI is InChI=1S/C14H36O5Si4.C7H20O2Si3.CH3PS.6CH4/c1-8-21(15)14-20(3)18-23(7,19-22(4,5)6)13-9-10-17-12-11-16-2;1-6-11(8)7-10(2)9-12(3,4)5;1-2-3;;;;;;/h20H,8-14H2,1-7H3;10H,6-7H2,1-5H3;1H3;6*1H4. The predicted octanol–water partition coefficient (Wildman–Crippen LogP) is 10.3. The quantitative estimate of drug-likeness (QED) is 0.0727. The SMILES string of the molecule is C.C.C.C.C.C.CC[Si](=O)C[SiH](C)O[Si](C)(C)C.CC[Si](=O)C[SiH](C)O[Si](C)(CCCOCCOC)O[Si](C)(C)C.CP=S. The Morgan fingerprint density at radius 1 is 0.705 bits per heavy atom. The third-order valence-electron chi connectivity index (χ3n) is 4.70. The number of hydrogen-bond acceptors (Lipinski definition) is 8. The lowest BCUT2D eigenvalue weighted by atomic mass is 10.5. The van der Waals surface area contributed by atoms with Gasteiger partial charge in [0.1, 0.15) is 0 Å². The van der Waals surface area contributed by atoms with Gasteiger partial charge in [0.2, 0.25) is 0 Å². The molecule has 3 unspecified atom stereocenters. The normalized spacial score (nSPS) is 12.8. The molecule has 0 aromatic rings. The molecule has 7 nitrogen and oxygen atoms in total. The molecule has 0 aromatic carbocycles. The number of rotatable bonds is 19. The molecular weight excluding hydrogens is 708 g/mol. The van der Waals surface area contributed by atoms with Crippen molar-refractivity contribution in [2.45, 2.75) is 153 Å². The first-order valence-corrected chi connectivity index (χ1v) is 34.0. The fourth-order valence-corrected chi connectivity index (χ4v) is 28.9. The van der Waals surface area contributed by atoms with Gasteiger partial charge in [0.25, 0.3) is 17.4 Å². The molecule has 0 aliphatic heterocycles. The first kappa shape index (κ1) is 67.6. The van der Waals surface area contributed by atoms with Crippen LogP contribution in [0.5, 0.6) is 0 Å². The van der Waals surface area contributed by atoms with Gasteiger partial charge in [-0.1, -0.05) is 70.2 Å². The Morgan fingerprint density at radius 3 is 1.41 bits per heavy atom. The van der Waals surface area contributed by atoms with Gasteiger partial charge >= 0.3 is 8.56 Å². The first-order valence-electron chi connectivity index (χ1n) is 13.8. The zero-order valence-electron chi connectivity index (χ0n) is 26.7. The number of ether oxygens (including phenoxy) is 2. The summed E-state index contributed by atoms with van der Waals surface area (Å²) in [6, 6.07) is 2.57. The van der Waals surface area contributed by atoms with Crippen molar-refractivity contribution in [1.29, 1.82) is 0 Å². The molecule has 0 aliphatic carbocycles. The molecule has 0 saturated heterocycles. The Balaban J connectivity index is -0.0000000720. The van der Waals surface area contributed by atoms with Crippen molar-refractivity contribution in [1.82, 2.24) is 0 Å².